The Labute approximate surface area is 239 Å². The molecule has 43 heavy (non-hydrogen) atoms. The molecule has 0 aliphatic carbocycles. The summed E-state index contributed by atoms with van der Waals surface area (Å²) in [5, 5.41) is 0. The Morgan fingerprint density at radius 2 is 1.74 bits per heavy atom. The third kappa shape index (κ3) is 4.75. The fourth-order valence-corrected chi connectivity index (χ4v) is 5.09. The van der Waals surface area contributed by atoms with Gasteiger partial charge in [0.05, 0.1) is 35.0 Å². The first kappa shape index (κ1) is 29.6. The fourth-order valence-electron chi connectivity index (χ4n) is 5.09. The van der Waals surface area contributed by atoms with Gasteiger partial charge in [-0.05, 0) is 30.3 Å². The number of aryl methyl sites for hydroxylation is 1. The van der Waals surface area contributed by atoms with Gasteiger partial charge in [-0.15, -0.1) is 0 Å². The molecule has 0 atom stereocenters. The summed E-state index contributed by atoms with van der Waals surface area (Å²) in [6.45, 7) is 3.63. The number of hydrogen-bond donors (Lipinski definition) is 0. The summed E-state index contributed by atoms with van der Waals surface area (Å²) in [5.74, 6) is -6.76. The standard InChI is InChI=1S/C30H21F6N3O4/c1-5-14-11-21(28(40)15-9-18(31)25(33)19(32)10-15)39-8-6-7-16(27(14)39)23-17(30(34,35)36)12-20-26(24(23)29(41)43-4)37-22(13-42-3)38(20)2/h5-12H,1,13H2,2-4H3. The molecule has 0 spiro atoms. The summed E-state index contributed by atoms with van der Waals surface area (Å²) >= 11 is 0. The van der Waals surface area contributed by atoms with Gasteiger partial charge in [0.25, 0.3) is 0 Å². The molecule has 13 heteroatoms. The number of benzene rings is 2. The maximum Gasteiger partial charge on any atom is 0.417 e. The lowest BCUT2D eigenvalue weighted by molar-refractivity contribution is -0.137. The molecule has 3 heterocycles. The van der Waals surface area contributed by atoms with Crippen molar-refractivity contribution in [3.8, 4) is 11.1 Å². The van der Waals surface area contributed by atoms with Crippen LogP contribution in [-0.4, -0.2) is 39.9 Å². The van der Waals surface area contributed by atoms with Crippen molar-refractivity contribution >= 4 is 34.4 Å². The topological polar surface area (TPSA) is 74.8 Å². The Morgan fingerprint density at radius 1 is 1.07 bits per heavy atom. The lowest BCUT2D eigenvalue weighted by atomic mass is 9.91. The number of alkyl halides is 3. The number of esters is 1. The van der Waals surface area contributed by atoms with E-state index in [-0.39, 0.29) is 45.8 Å². The predicted molar refractivity (Wildman–Crippen MR) is 144 cm³/mol. The Hall–Kier alpha value is -4.91. The average Bonchev–Trinajstić information content (AvgIpc) is 3.51. The zero-order valence-electron chi connectivity index (χ0n) is 22.8. The molecular weight excluding hydrogens is 580 g/mol. The molecule has 5 aromatic rings. The van der Waals surface area contributed by atoms with Crippen LogP contribution in [0.15, 0.2) is 49.2 Å². The van der Waals surface area contributed by atoms with Crippen molar-refractivity contribution in [2.24, 2.45) is 7.05 Å². The highest BCUT2D eigenvalue weighted by molar-refractivity contribution is 6.13. The lowest BCUT2D eigenvalue weighted by Crippen LogP contribution is -2.14. The molecular formula is C30H21F6N3O4. The smallest absolute Gasteiger partial charge is 0.417 e. The molecule has 7 nitrogen and oxygen atoms in total. The van der Waals surface area contributed by atoms with E-state index in [1.165, 1.54) is 53.6 Å². The second-order valence-electron chi connectivity index (χ2n) is 9.46. The summed E-state index contributed by atoms with van der Waals surface area (Å²) in [4.78, 5) is 31.0. The highest BCUT2D eigenvalue weighted by Gasteiger charge is 2.39. The molecule has 0 saturated carbocycles. The number of carbonyl (C=O) groups is 2. The molecule has 0 amide bonds. The summed E-state index contributed by atoms with van der Waals surface area (Å²) in [5.41, 5.74) is -3.04. The van der Waals surface area contributed by atoms with Gasteiger partial charge in [0.15, 0.2) is 17.5 Å². The van der Waals surface area contributed by atoms with Gasteiger partial charge in [0.1, 0.15) is 17.9 Å². The van der Waals surface area contributed by atoms with E-state index in [4.69, 9.17) is 9.47 Å². The minimum absolute atomic E-state index is 0.00830. The van der Waals surface area contributed by atoms with Crippen LogP contribution in [0.4, 0.5) is 26.3 Å². The number of aromatic nitrogens is 3. The number of hydrogen-bond acceptors (Lipinski definition) is 5. The SMILES string of the molecule is C=Cc1cc(C(=O)c2cc(F)c(F)c(F)c2)n2cccc(-c3c(C(F)(F)F)cc4c(nc(COC)n4C)c3C(=O)OC)c12. The van der Waals surface area contributed by atoms with Crippen LogP contribution in [0.25, 0.3) is 33.8 Å². The van der Waals surface area contributed by atoms with Gasteiger partial charge in [-0.3, -0.25) is 4.79 Å². The van der Waals surface area contributed by atoms with Crippen LogP contribution in [-0.2, 0) is 29.3 Å². The third-order valence-electron chi connectivity index (χ3n) is 7.02. The van der Waals surface area contributed by atoms with Gasteiger partial charge in [-0.2, -0.15) is 13.2 Å². The number of rotatable bonds is 7. The van der Waals surface area contributed by atoms with E-state index in [2.05, 4.69) is 11.6 Å². The highest BCUT2D eigenvalue weighted by atomic mass is 19.4. The molecule has 3 aromatic heterocycles. The molecule has 2 aromatic carbocycles. The quantitative estimate of drug-likeness (QED) is 0.0895. The molecule has 0 aliphatic rings. The van der Waals surface area contributed by atoms with Gasteiger partial charge in [-0.25, -0.2) is 22.9 Å². The average molecular weight is 602 g/mol. The third-order valence-corrected chi connectivity index (χ3v) is 7.02. The number of nitrogens with zero attached hydrogens (tertiary/aromatic N) is 3. The van der Waals surface area contributed by atoms with Gasteiger partial charge in [-0.1, -0.05) is 18.7 Å². The number of fused-ring (bicyclic) bond motifs is 2. The number of methoxy groups -OCH3 is 2. The number of ether oxygens (including phenoxy) is 2. The van der Waals surface area contributed by atoms with E-state index < -0.39 is 57.6 Å². The minimum atomic E-state index is -4.98. The van der Waals surface area contributed by atoms with E-state index in [0.717, 1.165) is 13.2 Å². The van der Waals surface area contributed by atoms with Crippen molar-refractivity contribution in [1.29, 1.82) is 0 Å². The molecule has 0 radical (unpaired) electrons. The molecule has 222 valence electrons. The summed E-state index contributed by atoms with van der Waals surface area (Å²) in [7, 11) is 3.87. The number of ketones is 1. The Morgan fingerprint density at radius 3 is 2.33 bits per heavy atom. The van der Waals surface area contributed by atoms with E-state index in [1.807, 2.05) is 0 Å². The van der Waals surface area contributed by atoms with Gasteiger partial charge in [0, 0.05) is 42.6 Å². The van der Waals surface area contributed by atoms with E-state index in [9.17, 15) is 35.9 Å². The number of carbonyl (C=O) groups excluding carboxylic acids is 2. The van der Waals surface area contributed by atoms with Crippen LogP contribution in [0.2, 0.25) is 0 Å². The molecule has 0 fully saturated rings. The van der Waals surface area contributed by atoms with Gasteiger partial charge in [0.2, 0.25) is 5.78 Å². The molecule has 0 N–H and O–H groups in total. The number of pyridine rings is 1. The lowest BCUT2D eigenvalue weighted by Gasteiger charge is -2.19. The van der Waals surface area contributed by atoms with Gasteiger partial charge < -0.3 is 18.4 Å². The second kappa shape index (κ2) is 10.7. The summed E-state index contributed by atoms with van der Waals surface area (Å²) < 4.78 is 98.3. The van der Waals surface area contributed by atoms with Crippen LogP contribution in [0.3, 0.4) is 0 Å². The molecule has 0 bridgehead atoms. The molecule has 5 rings (SSSR count). The summed E-state index contributed by atoms with van der Waals surface area (Å²) in [6, 6.07) is 5.80. The monoisotopic (exact) mass is 601 g/mol. The number of imidazole rings is 1. The Balaban J connectivity index is 1.90. The summed E-state index contributed by atoms with van der Waals surface area (Å²) in [6.07, 6.45) is -2.37. The van der Waals surface area contributed by atoms with Crippen molar-refractivity contribution < 1.29 is 45.4 Å². The van der Waals surface area contributed by atoms with Crippen LogP contribution < -0.4 is 0 Å². The van der Waals surface area contributed by atoms with E-state index in [1.54, 1.807) is 0 Å². The highest BCUT2D eigenvalue weighted by Crippen LogP contribution is 2.45. The maximum atomic E-state index is 14.8. The van der Waals surface area contributed by atoms with E-state index >= 15 is 0 Å². The first-order valence-corrected chi connectivity index (χ1v) is 12.5. The first-order valence-electron chi connectivity index (χ1n) is 12.5. The molecule has 0 saturated heterocycles. The van der Waals surface area contributed by atoms with Crippen molar-refractivity contribution in [3.05, 3.63) is 100 Å². The second-order valence-corrected chi connectivity index (χ2v) is 9.46. The van der Waals surface area contributed by atoms with Gasteiger partial charge >= 0.3 is 12.1 Å². The minimum Gasteiger partial charge on any atom is -0.465 e. The van der Waals surface area contributed by atoms with Crippen LogP contribution in [0, 0.1) is 17.5 Å². The zero-order valence-corrected chi connectivity index (χ0v) is 22.8. The fraction of sp³-hybridized carbons (Fsp3) is 0.167. The van der Waals surface area contributed by atoms with E-state index in [0.29, 0.717) is 12.1 Å². The molecule has 0 aliphatic heterocycles. The maximum absolute atomic E-state index is 14.8. The van der Waals surface area contributed by atoms with Crippen molar-refractivity contribution in [3.63, 3.8) is 0 Å². The van der Waals surface area contributed by atoms with Crippen molar-refractivity contribution in [2.45, 2.75) is 12.8 Å². The normalized spacial score (nSPS) is 11.8. The van der Waals surface area contributed by atoms with Crippen LogP contribution >= 0.6 is 0 Å². The first-order chi connectivity index (χ1) is 20.3. The Bertz CT molecular complexity index is 1950. The molecule has 0 unspecified atom stereocenters. The van der Waals surface area contributed by atoms with Crippen LogP contribution in [0.5, 0.6) is 0 Å². The zero-order chi connectivity index (χ0) is 31.4. The van der Waals surface area contributed by atoms with Crippen molar-refractivity contribution in [2.75, 3.05) is 14.2 Å². The Kier molecular flexibility index (Phi) is 7.38. The predicted octanol–water partition coefficient (Wildman–Crippen LogP) is 6.74. The largest absolute Gasteiger partial charge is 0.465 e. The van der Waals surface area contributed by atoms with Crippen LogP contribution in [0.1, 0.15) is 43.4 Å². The number of halogens is 6. The van der Waals surface area contributed by atoms with Crippen molar-refractivity contribution in [1.82, 2.24) is 14.0 Å².